The van der Waals surface area contributed by atoms with Crippen molar-refractivity contribution in [3.8, 4) is 55.6 Å². The highest BCUT2D eigenvalue weighted by Crippen LogP contribution is 2.58. The number of benzene rings is 9. The summed E-state index contributed by atoms with van der Waals surface area (Å²) in [5.74, 6) is 0. The summed E-state index contributed by atoms with van der Waals surface area (Å²) in [4.78, 5) is 0. The van der Waals surface area contributed by atoms with Crippen molar-refractivity contribution < 1.29 is 0 Å². The maximum atomic E-state index is 2.46. The van der Waals surface area contributed by atoms with Gasteiger partial charge in [0.15, 0.2) is 0 Å². The summed E-state index contributed by atoms with van der Waals surface area (Å²) in [6.45, 7) is 0. The van der Waals surface area contributed by atoms with Crippen LogP contribution in [0.5, 0.6) is 0 Å². The van der Waals surface area contributed by atoms with Crippen LogP contribution in [0, 0.1) is 0 Å². The first kappa shape index (κ1) is 29.8. The van der Waals surface area contributed by atoms with Crippen LogP contribution in [0.15, 0.2) is 200 Å². The second-order valence-electron chi connectivity index (χ2n) is 13.4. The summed E-state index contributed by atoms with van der Waals surface area (Å²) in [6.07, 6.45) is 0. The monoisotopic (exact) mass is 665 g/mol. The van der Waals surface area contributed by atoms with Crippen molar-refractivity contribution in [1.29, 1.82) is 0 Å². The molecule has 51 heavy (non-hydrogen) atoms. The van der Waals surface area contributed by atoms with Crippen LogP contribution in [0.4, 0.5) is 0 Å². The van der Waals surface area contributed by atoms with Crippen molar-refractivity contribution in [2.45, 2.75) is 0 Å². The molecule has 9 aromatic rings. The molecule has 1 aliphatic rings. The first-order chi connectivity index (χ1) is 25.3. The van der Waals surface area contributed by atoms with E-state index in [1.807, 2.05) is 0 Å². The Balaban J connectivity index is 1.24. The molecule has 1 aliphatic carbocycles. The molecule has 0 heterocycles. The summed E-state index contributed by atoms with van der Waals surface area (Å²) in [5.41, 5.74) is 13.0. The summed E-state index contributed by atoms with van der Waals surface area (Å²) in [7, 11) is -1.20. The van der Waals surface area contributed by atoms with Gasteiger partial charge in [0, 0.05) is 0 Å². The number of hydrogen-bond donors (Lipinski definition) is 0. The van der Waals surface area contributed by atoms with Crippen molar-refractivity contribution in [2.75, 3.05) is 0 Å². The molecule has 10 rings (SSSR count). The molecule has 1 heteroatoms. The first-order valence-electron chi connectivity index (χ1n) is 17.7. The van der Waals surface area contributed by atoms with Gasteiger partial charge in [-0.1, -0.05) is 164 Å². The molecule has 0 nitrogen and oxygen atoms in total. The van der Waals surface area contributed by atoms with Gasteiger partial charge in [0.2, 0.25) is 0 Å². The number of fused-ring (bicyclic) bond motifs is 4. The molecule has 0 aliphatic heterocycles. The van der Waals surface area contributed by atoms with Gasteiger partial charge in [-0.25, -0.2) is 0 Å². The third kappa shape index (κ3) is 4.87. The van der Waals surface area contributed by atoms with Gasteiger partial charge in [0.1, 0.15) is 15.9 Å². The van der Waals surface area contributed by atoms with Crippen LogP contribution in [-0.2, 0) is 0 Å². The Morgan fingerprint density at radius 1 is 0.255 bits per heavy atom. The topological polar surface area (TPSA) is 0 Å². The zero-order valence-corrected chi connectivity index (χ0v) is 29.1. The average Bonchev–Trinajstić information content (AvgIpc) is 3.53. The van der Waals surface area contributed by atoms with Crippen LogP contribution in [0.3, 0.4) is 0 Å². The van der Waals surface area contributed by atoms with E-state index in [1.54, 1.807) is 0 Å². The molecule has 0 atom stereocenters. The van der Waals surface area contributed by atoms with E-state index in [-0.39, 0.29) is 0 Å². The second kappa shape index (κ2) is 12.4. The standard InChI is InChI=1S/C50H33P/c1-5-17-34(18-6-1)46-42-27-13-14-28-43(42)47(35-19-7-2-8-20-35)50-45-32-31-40(41-29-16-30-44(48(41)45)49(46)50)36-21-15-26-39(33-36)51(37-22-9-3-10-23-37)38-24-11-4-12-25-38/h1-33H/p+1. The van der Waals surface area contributed by atoms with Gasteiger partial charge in [0.05, 0.1) is 7.92 Å². The molecule has 0 radical (unpaired) electrons. The largest absolute Gasteiger partial charge is 0.103 e. The van der Waals surface area contributed by atoms with Gasteiger partial charge in [0.25, 0.3) is 0 Å². The minimum Gasteiger partial charge on any atom is -0.0622 e. The lowest BCUT2D eigenvalue weighted by atomic mass is 9.82. The Labute approximate surface area is 300 Å². The zero-order chi connectivity index (χ0) is 33.7. The lowest BCUT2D eigenvalue weighted by molar-refractivity contribution is 1.62. The van der Waals surface area contributed by atoms with Gasteiger partial charge in [-0.3, -0.25) is 0 Å². The smallest absolute Gasteiger partial charge is 0.0622 e. The highest BCUT2D eigenvalue weighted by Gasteiger charge is 2.31. The Bertz CT molecular complexity index is 2580. The van der Waals surface area contributed by atoms with Gasteiger partial charge in [-0.2, -0.15) is 0 Å². The van der Waals surface area contributed by atoms with Crippen molar-refractivity contribution in [3.05, 3.63) is 200 Å². The van der Waals surface area contributed by atoms with Crippen molar-refractivity contribution in [1.82, 2.24) is 0 Å². The van der Waals surface area contributed by atoms with Gasteiger partial charge in [-0.15, -0.1) is 0 Å². The van der Waals surface area contributed by atoms with E-state index in [9.17, 15) is 0 Å². The molecule has 9 aromatic carbocycles. The zero-order valence-electron chi connectivity index (χ0n) is 28.1. The first-order valence-corrected chi connectivity index (χ1v) is 19.2. The Kier molecular flexibility index (Phi) is 7.23. The molecule has 0 spiro atoms. The van der Waals surface area contributed by atoms with E-state index in [0.29, 0.717) is 0 Å². The fourth-order valence-electron chi connectivity index (χ4n) is 8.41. The summed E-state index contributed by atoms with van der Waals surface area (Å²) >= 11 is 0. The van der Waals surface area contributed by atoms with Crippen molar-refractivity contribution >= 4 is 45.4 Å². The second-order valence-corrected chi connectivity index (χ2v) is 15.8. The molecule has 0 amide bonds. The molecule has 238 valence electrons. The van der Waals surface area contributed by atoms with E-state index >= 15 is 0 Å². The lowest BCUT2D eigenvalue weighted by Gasteiger charge is -2.20. The molecule has 0 N–H and O–H groups in total. The molecule has 0 fully saturated rings. The van der Waals surface area contributed by atoms with Crippen LogP contribution in [0.25, 0.3) is 77.2 Å². The van der Waals surface area contributed by atoms with E-state index in [0.717, 1.165) is 0 Å². The van der Waals surface area contributed by atoms with E-state index in [1.165, 1.54) is 93.1 Å². The van der Waals surface area contributed by atoms with Crippen LogP contribution in [0.1, 0.15) is 0 Å². The molecule has 0 bridgehead atoms. The average molecular weight is 666 g/mol. The molecular formula is C50H34P+. The third-order valence-corrected chi connectivity index (χ3v) is 13.2. The lowest BCUT2D eigenvalue weighted by Crippen LogP contribution is -2.20. The maximum absolute atomic E-state index is 2.46. The molecule has 0 saturated heterocycles. The van der Waals surface area contributed by atoms with Crippen LogP contribution >= 0.6 is 7.92 Å². The quantitative estimate of drug-likeness (QED) is 0.155. The fourth-order valence-corrected chi connectivity index (χ4v) is 11.0. The SMILES string of the molecule is c1ccc(-c2c3c(c(-c4ccccc4)c4ccccc24)-c2ccc(-c4cccc([PH+](c5ccccc5)c5ccccc5)c4)c4cccc-3c24)cc1. The maximum Gasteiger partial charge on any atom is 0.103 e. The Morgan fingerprint density at radius 3 is 1.24 bits per heavy atom. The van der Waals surface area contributed by atoms with Crippen LogP contribution in [0.2, 0.25) is 0 Å². The van der Waals surface area contributed by atoms with Gasteiger partial charge < -0.3 is 0 Å². The minimum absolute atomic E-state index is 1.20. The van der Waals surface area contributed by atoms with E-state index in [2.05, 4.69) is 200 Å². The molecular weight excluding hydrogens is 632 g/mol. The number of rotatable bonds is 6. The summed E-state index contributed by atoms with van der Waals surface area (Å²) < 4.78 is 0. The highest BCUT2D eigenvalue weighted by atomic mass is 31.1. The van der Waals surface area contributed by atoms with Gasteiger partial charge >= 0.3 is 0 Å². The minimum atomic E-state index is -1.20. The molecule has 0 unspecified atom stereocenters. The van der Waals surface area contributed by atoms with E-state index in [4.69, 9.17) is 0 Å². The van der Waals surface area contributed by atoms with Crippen molar-refractivity contribution in [2.24, 2.45) is 0 Å². The summed E-state index contributed by atoms with van der Waals surface area (Å²) in [5, 5.41) is 9.41. The normalized spacial score (nSPS) is 11.7. The fraction of sp³-hybridized carbons (Fsp3) is 0. The Hall–Kier alpha value is -6.07. The highest BCUT2D eigenvalue weighted by molar-refractivity contribution is 7.79. The van der Waals surface area contributed by atoms with Crippen LogP contribution in [-0.4, -0.2) is 0 Å². The van der Waals surface area contributed by atoms with Crippen molar-refractivity contribution in [3.63, 3.8) is 0 Å². The molecule has 0 aromatic heterocycles. The predicted octanol–water partition coefficient (Wildman–Crippen LogP) is 12.1. The summed E-state index contributed by atoms with van der Waals surface area (Å²) in [6, 6.07) is 74.1. The molecule has 0 saturated carbocycles. The van der Waals surface area contributed by atoms with E-state index < -0.39 is 7.92 Å². The van der Waals surface area contributed by atoms with Gasteiger partial charge in [-0.05, 0) is 114 Å². The number of hydrogen-bond acceptors (Lipinski definition) is 0. The Morgan fingerprint density at radius 2 is 0.667 bits per heavy atom. The predicted molar refractivity (Wildman–Crippen MR) is 222 cm³/mol. The third-order valence-electron chi connectivity index (χ3n) is 10.5. The van der Waals surface area contributed by atoms with Crippen LogP contribution < -0.4 is 15.9 Å².